The second kappa shape index (κ2) is 7.21. The number of nitrogens with one attached hydrogen (secondary N) is 2. The third kappa shape index (κ3) is 4.07. The fraction of sp³-hybridized carbons (Fsp3) is 0.200. The van der Waals surface area contributed by atoms with Crippen LogP contribution in [-0.2, 0) is 6.54 Å². The Morgan fingerprint density at radius 1 is 1.08 bits per heavy atom. The molecule has 2 amide bonds. The molecule has 25 heavy (non-hydrogen) atoms. The molecule has 3 aromatic rings. The molecule has 1 aromatic heterocycles. The minimum atomic E-state index is -0.227. The quantitative estimate of drug-likeness (QED) is 0.754. The first-order valence-corrected chi connectivity index (χ1v) is 8.25. The number of amides is 2. The maximum absolute atomic E-state index is 12.2. The summed E-state index contributed by atoms with van der Waals surface area (Å²) in [6.45, 7) is 6.60. The lowest BCUT2D eigenvalue weighted by Crippen LogP contribution is -2.28. The van der Waals surface area contributed by atoms with E-state index in [1.165, 1.54) is 11.1 Å². The van der Waals surface area contributed by atoms with Crippen molar-refractivity contribution >= 4 is 11.7 Å². The van der Waals surface area contributed by atoms with Gasteiger partial charge in [0.05, 0.1) is 5.69 Å². The molecule has 0 saturated heterocycles. The van der Waals surface area contributed by atoms with Crippen molar-refractivity contribution in [3.05, 3.63) is 77.1 Å². The molecule has 0 atom stereocenters. The molecule has 2 N–H and O–H groups in total. The van der Waals surface area contributed by atoms with Crippen LogP contribution in [0.25, 0.3) is 5.69 Å². The van der Waals surface area contributed by atoms with Crippen LogP contribution in [0.4, 0.5) is 10.5 Å². The van der Waals surface area contributed by atoms with Crippen molar-refractivity contribution in [2.24, 2.45) is 0 Å². The van der Waals surface area contributed by atoms with Crippen LogP contribution in [0.3, 0.4) is 0 Å². The lowest BCUT2D eigenvalue weighted by Gasteiger charge is -2.11. The molecular formula is C20H22N4O. The Bertz CT molecular complexity index is 898. The maximum atomic E-state index is 12.2. The second-order valence-electron chi connectivity index (χ2n) is 6.17. The molecule has 3 rings (SSSR count). The number of aryl methyl sites for hydroxylation is 3. The molecule has 0 fully saturated rings. The number of hydrogen-bond acceptors (Lipinski definition) is 2. The van der Waals surface area contributed by atoms with Crippen molar-refractivity contribution in [2.75, 3.05) is 5.32 Å². The Morgan fingerprint density at radius 3 is 2.64 bits per heavy atom. The molecule has 0 spiro atoms. The minimum absolute atomic E-state index is 0.227. The highest BCUT2D eigenvalue weighted by Crippen LogP contribution is 2.16. The summed E-state index contributed by atoms with van der Waals surface area (Å²) in [5.41, 5.74) is 6.19. The number of urea groups is 1. The molecule has 0 aliphatic rings. The molecule has 0 aliphatic carbocycles. The summed E-state index contributed by atoms with van der Waals surface area (Å²) in [6.07, 6.45) is 1.76. The Balaban J connectivity index is 1.64. The predicted octanol–water partition coefficient (Wildman–Crippen LogP) is 4.12. The van der Waals surface area contributed by atoms with Gasteiger partial charge in [-0.15, -0.1) is 0 Å². The van der Waals surface area contributed by atoms with Gasteiger partial charge in [0.15, 0.2) is 0 Å². The van der Waals surface area contributed by atoms with Crippen molar-refractivity contribution in [3.63, 3.8) is 0 Å². The van der Waals surface area contributed by atoms with Crippen LogP contribution in [0.15, 0.2) is 54.7 Å². The van der Waals surface area contributed by atoms with Crippen LogP contribution in [-0.4, -0.2) is 15.8 Å². The summed E-state index contributed by atoms with van der Waals surface area (Å²) < 4.78 is 1.83. The van der Waals surface area contributed by atoms with Gasteiger partial charge in [-0.2, -0.15) is 5.10 Å². The summed E-state index contributed by atoms with van der Waals surface area (Å²) in [5.74, 6) is 0. The zero-order valence-electron chi connectivity index (χ0n) is 14.7. The van der Waals surface area contributed by atoms with Gasteiger partial charge < -0.3 is 10.6 Å². The van der Waals surface area contributed by atoms with Crippen molar-refractivity contribution in [2.45, 2.75) is 27.3 Å². The van der Waals surface area contributed by atoms with E-state index in [4.69, 9.17) is 0 Å². The van der Waals surface area contributed by atoms with Crippen LogP contribution in [0, 0.1) is 20.8 Å². The van der Waals surface area contributed by atoms with Gasteiger partial charge in [-0.05, 0) is 56.2 Å². The molecule has 0 radical (unpaired) electrons. The number of aromatic nitrogens is 2. The Kier molecular flexibility index (Phi) is 4.84. The van der Waals surface area contributed by atoms with E-state index < -0.39 is 0 Å². The minimum Gasteiger partial charge on any atom is -0.334 e. The van der Waals surface area contributed by atoms with E-state index in [9.17, 15) is 4.79 Å². The number of benzene rings is 2. The standard InChI is InChI=1S/C20H22N4O/c1-14-7-8-17(15(2)11-14)13-21-20(25)23-18-5-4-6-19(12-18)24-16(3)9-10-22-24/h4-12H,13H2,1-3H3,(H2,21,23,25). The number of anilines is 1. The van der Waals surface area contributed by atoms with Gasteiger partial charge in [0, 0.05) is 24.1 Å². The van der Waals surface area contributed by atoms with E-state index in [-0.39, 0.29) is 6.03 Å². The topological polar surface area (TPSA) is 59.0 Å². The monoisotopic (exact) mass is 334 g/mol. The maximum Gasteiger partial charge on any atom is 0.319 e. The first-order chi connectivity index (χ1) is 12.0. The number of hydrogen-bond donors (Lipinski definition) is 2. The van der Waals surface area contributed by atoms with Crippen molar-refractivity contribution < 1.29 is 4.79 Å². The summed E-state index contributed by atoms with van der Waals surface area (Å²) >= 11 is 0. The lowest BCUT2D eigenvalue weighted by molar-refractivity contribution is 0.251. The van der Waals surface area contributed by atoms with E-state index in [2.05, 4.69) is 41.7 Å². The normalized spacial score (nSPS) is 10.5. The zero-order valence-corrected chi connectivity index (χ0v) is 14.7. The van der Waals surface area contributed by atoms with E-state index >= 15 is 0 Å². The lowest BCUT2D eigenvalue weighted by atomic mass is 10.1. The van der Waals surface area contributed by atoms with Gasteiger partial charge in [0.1, 0.15) is 0 Å². The molecule has 128 valence electrons. The van der Waals surface area contributed by atoms with Gasteiger partial charge in [-0.25, -0.2) is 9.48 Å². The molecule has 2 aromatic carbocycles. The number of carbonyl (C=O) groups excluding carboxylic acids is 1. The second-order valence-corrected chi connectivity index (χ2v) is 6.17. The fourth-order valence-corrected chi connectivity index (χ4v) is 2.75. The molecule has 5 nitrogen and oxygen atoms in total. The Hall–Kier alpha value is -3.08. The van der Waals surface area contributed by atoms with Crippen LogP contribution in [0.1, 0.15) is 22.4 Å². The third-order valence-electron chi connectivity index (χ3n) is 4.12. The summed E-state index contributed by atoms with van der Waals surface area (Å²) in [7, 11) is 0. The first kappa shape index (κ1) is 16.8. The van der Waals surface area contributed by atoms with Crippen LogP contribution in [0.2, 0.25) is 0 Å². The molecule has 0 aliphatic heterocycles. The molecular weight excluding hydrogens is 312 g/mol. The van der Waals surface area contributed by atoms with Crippen LogP contribution < -0.4 is 10.6 Å². The average molecular weight is 334 g/mol. The molecule has 0 saturated carbocycles. The van der Waals surface area contributed by atoms with Crippen LogP contribution >= 0.6 is 0 Å². The van der Waals surface area contributed by atoms with E-state index in [0.717, 1.165) is 22.6 Å². The van der Waals surface area contributed by atoms with Crippen molar-refractivity contribution in [1.82, 2.24) is 15.1 Å². The van der Waals surface area contributed by atoms with Gasteiger partial charge in [-0.3, -0.25) is 0 Å². The largest absolute Gasteiger partial charge is 0.334 e. The smallest absolute Gasteiger partial charge is 0.319 e. The van der Waals surface area contributed by atoms with Crippen molar-refractivity contribution in [1.29, 1.82) is 0 Å². The Labute approximate surface area is 147 Å². The molecule has 0 bridgehead atoms. The third-order valence-corrected chi connectivity index (χ3v) is 4.12. The zero-order chi connectivity index (χ0) is 17.8. The Morgan fingerprint density at radius 2 is 1.92 bits per heavy atom. The first-order valence-electron chi connectivity index (χ1n) is 8.25. The van der Waals surface area contributed by atoms with E-state index in [1.54, 1.807) is 6.20 Å². The highest BCUT2D eigenvalue weighted by molar-refractivity contribution is 5.89. The highest BCUT2D eigenvalue weighted by atomic mass is 16.2. The predicted molar refractivity (Wildman–Crippen MR) is 100 cm³/mol. The summed E-state index contributed by atoms with van der Waals surface area (Å²) in [6, 6.07) is 15.5. The molecule has 0 unspecified atom stereocenters. The molecule has 1 heterocycles. The number of nitrogens with zero attached hydrogens (tertiary/aromatic N) is 2. The van der Waals surface area contributed by atoms with Crippen molar-refractivity contribution in [3.8, 4) is 5.69 Å². The van der Waals surface area contributed by atoms with Gasteiger partial charge in [-0.1, -0.05) is 29.8 Å². The summed E-state index contributed by atoms with van der Waals surface area (Å²) in [4.78, 5) is 12.2. The SMILES string of the molecule is Cc1ccc(CNC(=O)Nc2cccc(-n3nccc3C)c2)c(C)c1. The van der Waals surface area contributed by atoms with Gasteiger partial charge >= 0.3 is 6.03 Å². The van der Waals surface area contributed by atoms with Gasteiger partial charge in [0.25, 0.3) is 0 Å². The number of carbonyl (C=O) groups is 1. The highest BCUT2D eigenvalue weighted by Gasteiger charge is 2.06. The van der Waals surface area contributed by atoms with E-state index in [0.29, 0.717) is 6.54 Å². The van der Waals surface area contributed by atoms with Gasteiger partial charge in [0.2, 0.25) is 0 Å². The number of rotatable bonds is 4. The average Bonchev–Trinajstić information content (AvgIpc) is 3.00. The summed E-state index contributed by atoms with van der Waals surface area (Å²) in [5, 5.41) is 10.1. The van der Waals surface area contributed by atoms with Crippen LogP contribution in [0.5, 0.6) is 0 Å². The fourth-order valence-electron chi connectivity index (χ4n) is 2.75. The molecule has 5 heteroatoms. The van der Waals surface area contributed by atoms with E-state index in [1.807, 2.05) is 48.0 Å².